The first kappa shape index (κ1) is 19.3. The zero-order valence-corrected chi connectivity index (χ0v) is 17.3. The lowest BCUT2D eigenvalue weighted by molar-refractivity contribution is -0.117. The summed E-state index contributed by atoms with van der Waals surface area (Å²) in [6, 6.07) is 16.3. The van der Waals surface area contributed by atoms with E-state index in [1.54, 1.807) is 7.11 Å². The van der Waals surface area contributed by atoms with Crippen LogP contribution in [0.15, 0.2) is 48.5 Å². The monoisotopic (exact) mass is 392 g/mol. The van der Waals surface area contributed by atoms with Gasteiger partial charge in [0.2, 0.25) is 5.91 Å². The summed E-state index contributed by atoms with van der Waals surface area (Å²) in [6.45, 7) is 5.91. The molecule has 0 saturated carbocycles. The zero-order chi connectivity index (χ0) is 20.4. The minimum atomic E-state index is 0.0322. The average molecular weight is 393 g/mol. The molecular weight excluding hydrogens is 364 g/mol. The Morgan fingerprint density at radius 3 is 2.45 bits per heavy atom. The zero-order valence-electron chi connectivity index (χ0n) is 17.3. The van der Waals surface area contributed by atoms with Crippen LogP contribution in [-0.4, -0.2) is 55.2 Å². The van der Waals surface area contributed by atoms with Gasteiger partial charge in [-0.15, -0.1) is 0 Å². The van der Waals surface area contributed by atoms with Gasteiger partial charge in [0.25, 0.3) is 0 Å². The average Bonchev–Trinajstić information content (AvgIpc) is 2.99. The van der Waals surface area contributed by atoms with Gasteiger partial charge in [-0.3, -0.25) is 9.69 Å². The van der Waals surface area contributed by atoms with Crippen LogP contribution < -0.4 is 15.0 Å². The number of hydrogen-bond donors (Lipinski definition) is 1. The molecule has 2 heterocycles. The van der Waals surface area contributed by atoms with Gasteiger partial charge >= 0.3 is 0 Å². The molecular formula is C23H28N4O2. The first-order chi connectivity index (χ1) is 14.1. The summed E-state index contributed by atoms with van der Waals surface area (Å²) in [4.78, 5) is 17.2. The van der Waals surface area contributed by atoms with Gasteiger partial charge in [-0.25, -0.2) is 0 Å². The molecule has 0 unspecified atom stereocenters. The SMILES string of the molecule is COc1ccccc1N1CCN(CC(=O)Nc2c(C)c3ccccc3n2C)CC1. The summed E-state index contributed by atoms with van der Waals surface area (Å²) < 4.78 is 7.54. The van der Waals surface area contributed by atoms with E-state index in [0.717, 1.165) is 54.5 Å². The number of benzene rings is 2. The fourth-order valence-corrected chi connectivity index (χ4v) is 4.17. The number of methoxy groups -OCH3 is 1. The molecule has 0 spiro atoms. The Kier molecular flexibility index (Phi) is 5.45. The summed E-state index contributed by atoms with van der Waals surface area (Å²) in [7, 11) is 3.70. The highest BCUT2D eigenvalue weighted by Gasteiger charge is 2.22. The van der Waals surface area contributed by atoms with Crippen molar-refractivity contribution in [1.82, 2.24) is 9.47 Å². The summed E-state index contributed by atoms with van der Waals surface area (Å²) in [6.07, 6.45) is 0. The topological polar surface area (TPSA) is 49.7 Å². The number of nitrogens with one attached hydrogen (secondary N) is 1. The predicted molar refractivity (Wildman–Crippen MR) is 118 cm³/mol. The molecule has 1 aliphatic rings. The lowest BCUT2D eigenvalue weighted by Gasteiger charge is -2.36. The summed E-state index contributed by atoms with van der Waals surface area (Å²) in [5, 5.41) is 4.30. The number of aromatic nitrogens is 1. The van der Waals surface area contributed by atoms with Crippen LogP contribution in [0, 0.1) is 6.92 Å². The number of aryl methyl sites for hydroxylation is 2. The van der Waals surface area contributed by atoms with E-state index in [-0.39, 0.29) is 5.91 Å². The van der Waals surface area contributed by atoms with Crippen molar-refractivity contribution in [1.29, 1.82) is 0 Å². The van der Waals surface area contributed by atoms with Gasteiger partial charge in [-0.05, 0) is 30.7 Å². The highest BCUT2D eigenvalue weighted by molar-refractivity contribution is 5.98. The second kappa shape index (κ2) is 8.17. The third kappa shape index (κ3) is 3.80. The summed E-state index contributed by atoms with van der Waals surface area (Å²) >= 11 is 0. The van der Waals surface area contributed by atoms with Crippen molar-refractivity contribution in [3.05, 3.63) is 54.1 Å². The van der Waals surface area contributed by atoms with Gasteiger partial charge in [0, 0.05) is 44.1 Å². The quantitative estimate of drug-likeness (QED) is 0.724. The van der Waals surface area contributed by atoms with E-state index >= 15 is 0 Å². The van der Waals surface area contributed by atoms with Gasteiger partial charge in [0.1, 0.15) is 11.6 Å². The van der Waals surface area contributed by atoms with Crippen molar-refractivity contribution >= 4 is 28.3 Å². The molecule has 1 fully saturated rings. The third-order valence-electron chi connectivity index (χ3n) is 5.78. The minimum Gasteiger partial charge on any atom is -0.495 e. The maximum absolute atomic E-state index is 12.7. The Labute approximate surface area is 171 Å². The number of para-hydroxylation sites is 3. The van der Waals surface area contributed by atoms with E-state index in [4.69, 9.17) is 4.74 Å². The molecule has 1 N–H and O–H groups in total. The smallest absolute Gasteiger partial charge is 0.239 e. The molecule has 6 nitrogen and oxygen atoms in total. The maximum atomic E-state index is 12.7. The van der Waals surface area contributed by atoms with Crippen LogP contribution in [0.3, 0.4) is 0 Å². The van der Waals surface area contributed by atoms with Gasteiger partial charge < -0.3 is 19.5 Å². The van der Waals surface area contributed by atoms with Crippen molar-refractivity contribution < 1.29 is 9.53 Å². The van der Waals surface area contributed by atoms with E-state index in [1.165, 1.54) is 5.39 Å². The summed E-state index contributed by atoms with van der Waals surface area (Å²) in [5.41, 5.74) is 3.35. The molecule has 29 heavy (non-hydrogen) atoms. The highest BCUT2D eigenvalue weighted by atomic mass is 16.5. The molecule has 4 rings (SSSR count). The van der Waals surface area contributed by atoms with Crippen molar-refractivity contribution in [2.24, 2.45) is 7.05 Å². The van der Waals surface area contributed by atoms with Gasteiger partial charge in [0.05, 0.1) is 19.3 Å². The van der Waals surface area contributed by atoms with Crippen LogP contribution in [0.1, 0.15) is 5.56 Å². The number of hydrogen-bond acceptors (Lipinski definition) is 4. The Bertz CT molecular complexity index is 980. The number of nitrogens with zero attached hydrogens (tertiary/aromatic N) is 3. The molecule has 2 aromatic carbocycles. The van der Waals surface area contributed by atoms with E-state index in [0.29, 0.717) is 6.54 Å². The molecule has 1 aliphatic heterocycles. The van der Waals surface area contributed by atoms with Crippen LogP contribution in [-0.2, 0) is 11.8 Å². The molecule has 1 saturated heterocycles. The number of ether oxygens (including phenoxy) is 1. The van der Waals surface area contributed by atoms with Crippen molar-refractivity contribution in [2.75, 3.05) is 50.1 Å². The number of carbonyl (C=O) groups excluding carboxylic acids is 1. The van der Waals surface area contributed by atoms with E-state index in [1.807, 2.05) is 37.4 Å². The number of piperazine rings is 1. The van der Waals surface area contributed by atoms with Crippen LogP contribution in [0.4, 0.5) is 11.5 Å². The van der Waals surface area contributed by atoms with Crippen LogP contribution in [0.25, 0.3) is 10.9 Å². The normalized spacial score (nSPS) is 14.9. The first-order valence-electron chi connectivity index (χ1n) is 10.0. The molecule has 1 amide bonds. The lowest BCUT2D eigenvalue weighted by Crippen LogP contribution is -2.48. The lowest BCUT2D eigenvalue weighted by atomic mass is 10.2. The molecule has 152 valence electrons. The highest BCUT2D eigenvalue weighted by Crippen LogP contribution is 2.29. The number of carbonyl (C=O) groups is 1. The fourth-order valence-electron chi connectivity index (χ4n) is 4.17. The molecule has 3 aromatic rings. The third-order valence-corrected chi connectivity index (χ3v) is 5.78. The first-order valence-corrected chi connectivity index (χ1v) is 10.0. The Balaban J connectivity index is 1.37. The van der Waals surface area contributed by atoms with Gasteiger partial charge in [-0.1, -0.05) is 30.3 Å². The number of rotatable bonds is 5. The largest absolute Gasteiger partial charge is 0.495 e. The van der Waals surface area contributed by atoms with E-state index in [9.17, 15) is 4.79 Å². The fraction of sp³-hybridized carbons (Fsp3) is 0.348. The van der Waals surface area contributed by atoms with Crippen molar-refractivity contribution in [2.45, 2.75) is 6.92 Å². The second-order valence-corrected chi connectivity index (χ2v) is 7.53. The number of amides is 1. The summed E-state index contributed by atoms with van der Waals surface area (Å²) in [5.74, 6) is 1.80. The number of fused-ring (bicyclic) bond motifs is 1. The Morgan fingerprint density at radius 1 is 1.03 bits per heavy atom. The van der Waals surface area contributed by atoms with E-state index in [2.05, 4.69) is 44.8 Å². The standard InChI is InChI=1S/C23H28N4O2/c1-17-18-8-4-5-9-19(18)25(2)23(17)24-22(28)16-26-12-14-27(15-13-26)20-10-6-7-11-21(20)29-3/h4-11H,12-16H2,1-3H3,(H,24,28). The Hall–Kier alpha value is -2.99. The Morgan fingerprint density at radius 2 is 1.72 bits per heavy atom. The van der Waals surface area contributed by atoms with E-state index < -0.39 is 0 Å². The van der Waals surface area contributed by atoms with Crippen LogP contribution in [0.5, 0.6) is 5.75 Å². The van der Waals surface area contributed by atoms with Crippen LogP contribution in [0.2, 0.25) is 0 Å². The molecule has 0 atom stereocenters. The second-order valence-electron chi connectivity index (χ2n) is 7.53. The van der Waals surface area contributed by atoms with Crippen molar-refractivity contribution in [3.63, 3.8) is 0 Å². The van der Waals surface area contributed by atoms with Crippen LogP contribution >= 0.6 is 0 Å². The predicted octanol–water partition coefficient (Wildman–Crippen LogP) is 3.26. The van der Waals surface area contributed by atoms with Crippen molar-refractivity contribution in [3.8, 4) is 5.75 Å². The van der Waals surface area contributed by atoms with Gasteiger partial charge in [-0.2, -0.15) is 0 Å². The minimum absolute atomic E-state index is 0.0322. The molecule has 0 radical (unpaired) electrons. The van der Waals surface area contributed by atoms with Gasteiger partial charge in [0.15, 0.2) is 0 Å². The molecule has 1 aromatic heterocycles. The molecule has 6 heteroatoms. The maximum Gasteiger partial charge on any atom is 0.239 e. The molecule has 0 aliphatic carbocycles. The number of anilines is 2. The molecule has 0 bridgehead atoms.